The third-order valence-electron chi connectivity index (χ3n) is 3.49. The molecule has 0 saturated carbocycles. The fourth-order valence-electron chi connectivity index (χ4n) is 2.24. The summed E-state index contributed by atoms with van der Waals surface area (Å²) in [5, 5.41) is 11.7. The van der Waals surface area contributed by atoms with Gasteiger partial charge in [-0.15, -0.1) is 0 Å². The first-order valence-electron chi connectivity index (χ1n) is 6.57. The fraction of sp³-hybridized carbons (Fsp3) is 0.846. The Balaban J connectivity index is 2.39. The maximum absolute atomic E-state index is 11.9. The minimum atomic E-state index is 0.0661. The van der Waals surface area contributed by atoms with Crippen molar-refractivity contribution in [2.45, 2.75) is 45.6 Å². The Morgan fingerprint density at radius 3 is 2.94 bits per heavy atom. The van der Waals surface area contributed by atoms with Crippen molar-refractivity contribution in [3.8, 4) is 6.07 Å². The molecule has 1 N–H and O–H groups in total. The molecule has 17 heavy (non-hydrogen) atoms. The predicted octanol–water partition coefficient (Wildman–Crippen LogP) is 1.53. The smallest absolute Gasteiger partial charge is 0.224 e. The van der Waals surface area contributed by atoms with Crippen molar-refractivity contribution in [1.82, 2.24) is 10.2 Å². The second-order valence-corrected chi connectivity index (χ2v) is 4.86. The summed E-state index contributed by atoms with van der Waals surface area (Å²) in [6.07, 6.45) is 4.09. The SMILES string of the molecule is CCCCNC(=O)[C@H]1CC[C@H](C)N(CC#N)C1. The fourth-order valence-corrected chi connectivity index (χ4v) is 2.24. The van der Waals surface area contributed by atoms with Crippen LogP contribution < -0.4 is 5.32 Å². The summed E-state index contributed by atoms with van der Waals surface area (Å²) >= 11 is 0. The third-order valence-corrected chi connectivity index (χ3v) is 3.49. The van der Waals surface area contributed by atoms with Crippen LogP contribution in [0.4, 0.5) is 0 Å². The van der Waals surface area contributed by atoms with Gasteiger partial charge in [0.1, 0.15) is 0 Å². The Morgan fingerprint density at radius 2 is 2.29 bits per heavy atom. The van der Waals surface area contributed by atoms with Gasteiger partial charge in [-0.05, 0) is 26.2 Å². The lowest BCUT2D eigenvalue weighted by atomic mass is 9.92. The van der Waals surface area contributed by atoms with E-state index in [1.54, 1.807) is 0 Å². The summed E-state index contributed by atoms with van der Waals surface area (Å²) in [4.78, 5) is 14.0. The molecule has 4 nitrogen and oxygen atoms in total. The molecule has 1 heterocycles. The van der Waals surface area contributed by atoms with Gasteiger partial charge in [0.2, 0.25) is 5.91 Å². The Morgan fingerprint density at radius 1 is 1.53 bits per heavy atom. The van der Waals surface area contributed by atoms with Crippen LogP contribution in [0.5, 0.6) is 0 Å². The number of hydrogen-bond donors (Lipinski definition) is 1. The van der Waals surface area contributed by atoms with Gasteiger partial charge < -0.3 is 5.32 Å². The number of hydrogen-bond acceptors (Lipinski definition) is 3. The van der Waals surface area contributed by atoms with Crippen molar-refractivity contribution < 1.29 is 4.79 Å². The van der Waals surface area contributed by atoms with E-state index in [1.165, 1.54) is 0 Å². The maximum Gasteiger partial charge on any atom is 0.224 e. The zero-order valence-electron chi connectivity index (χ0n) is 10.9. The highest BCUT2D eigenvalue weighted by Crippen LogP contribution is 2.21. The van der Waals surface area contributed by atoms with Gasteiger partial charge in [0.15, 0.2) is 0 Å². The Bertz CT molecular complexity index is 285. The molecule has 1 amide bonds. The molecule has 0 aliphatic carbocycles. The van der Waals surface area contributed by atoms with E-state index in [2.05, 4.69) is 30.1 Å². The number of unbranched alkanes of at least 4 members (excludes halogenated alkanes) is 1. The first kappa shape index (κ1) is 14.0. The number of likely N-dealkylation sites (tertiary alicyclic amines) is 1. The molecular formula is C13H23N3O. The van der Waals surface area contributed by atoms with Crippen LogP contribution in [0.25, 0.3) is 0 Å². The van der Waals surface area contributed by atoms with Crippen LogP contribution in [0.15, 0.2) is 0 Å². The van der Waals surface area contributed by atoms with Crippen LogP contribution in [0.3, 0.4) is 0 Å². The molecule has 0 aromatic carbocycles. The van der Waals surface area contributed by atoms with E-state index < -0.39 is 0 Å². The summed E-state index contributed by atoms with van der Waals surface area (Å²) in [5.41, 5.74) is 0. The number of carbonyl (C=O) groups excluding carboxylic acids is 1. The molecule has 0 aromatic heterocycles. The average Bonchev–Trinajstić information content (AvgIpc) is 2.32. The predicted molar refractivity (Wildman–Crippen MR) is 67.3 cm³/mol. The highest BCUT2D eigenvalue weighted by atomic mass is 16.1. The molecule has 0 aromatic rings. The largest absolute Gasteiger partial charge is 0.356 e. The molecule has 1 fully saturated rings. The Hall–Kier alpha value is -1.08. The van der Waals surface area contributed by atoms with Crippen LogP contribution >= 0.6 is 0 Å². The van der Waals surface area contributed by atoms with Crippen molar-refractivity contribution in [3.05, 3.63) is 0 Å². The summed E-state index contributed by atoms with van der Waals surface area (Å²) in [6.45, 7) is 6.18. The van der Waals surface area contributed by atoms with Gasteiger partial charge in [-0.1, -0.05) is 13.3 Å². The van der Waals surface area contributed by atoms with Crippen molar-refractivity contribution in [3.63, 3.8) is 0 Å². The maximum atomic E-state index is 11.9. The number of amides is 1. The molecule has 0 bridgehead atoms. The number of carbonyl (C=O) groups is 1. The van der Waals surface area contributed by atoms with Gasteiger partial charge in [0.05, 0.1) is 18.5 Å². The minimum Gasteiger partial charge on any atom is -0.356 e. The van der Waals surface area contributed by atoms with Gasteiger partial charge in [-0.3, -0.25) is 9.69 Å². The van der Waals surface area contributed by atoms with E-state index in [4.69, 9.17) is 5.26 Å². The van der Waals surface area contributed by atoms with Crippen LogP contribution in [0.1, 0.15) is 39.5 Å². The molecule has 0 radical (unpaired) electrons. The Kier molecular flexibility index (Phi) is 5.99. The van der Waals surface area contributed by atoms with Gasteiger partial charge >= 0.3 is 0 Å². The molecule has 1 aliphatic heterocycles. The number of nitrogens with zero attached hydrogens (tertiary/aromatic N) is 2. The van der Waals surface area contributed by atoms with Gasteiger partial charge in [-0.25, -0.2) is 0 Å². The standard InChI is InChI=1S/C13H23N3O/c1-3-4-8-15-13(17)12-6-5-11(2)16(10-12)9-7-14/h11-12H,3-6,8-10H2,1-2H3,(H,15,17)/t11-,12-/m0/s1. The number of nitriles is 1. The lowest BCUT2D eigenvalue weighted by Crippen LogP contribution is -2.47. The van der Waals surface area contributed by atoms with E-state index in [1.807, 2.05) is 0 Å². The topological polar surface area (TPSA) is 56.1 Å². The molecular weight excluding hydrogens is 214 g/mol. The van der Waals surface area contributed by atoms with Crippen LogP contribution in [-0.2, 0) is 4.79 Å². The van der Waals surface area contributed by atoms with E-state index in [9.17, 15) is 4.79 Å². The molecule has 1 rings (SSSR count). The van der Waals surface area contributed by atoms with Gasteiger partial charge in [-0.2, -0.15) is 5.26 Å². The van der Waals surface area contributed by atoms with Crippen molar-refractivity contribution >= 4 is 5.91 Å². The van der Waals surface area contributed by atoms with Gasteiger partial charge in [0, 0.05) is 19.1 Å². The number of piperidine rings is 1. The molecule has 1 aliphatic rings. The first-order chi connectivity index (χ1) is 8.19. The summed E-state index contributed by atoms with van der Waals surface area (Å²) in [5.74, 6) is 0.227. The van der Waals surface area contributed by atoms with E-state index in [-0.39, 0.29) is 11.8 Å². The van der Waals surface area contributed by atoms with Crippen molar-refractivity contribution in [2.24, 2.45) is 5.92 Å². The molecule has 4 heteroatoms. The zero-order valence-corrected chi connectivity index (χ0v) is 10.9. The summed E-state index contributed by atoms with van der Waals surface area (Å²) in [7, 11) is 0. The van der Waals surface area contributed by atoms with E-state index >= 15 is 0 Å². The second kappa shape index (κ2) is 7.29. The van der Waals surface area contributed by atoms with Crippen molar-refractivity contribution in [2.75, 3.05) is 19.6 Å². The molecule has 2 atom stereocenters. The Labute approximate surface area is 104 Å². The normalized spacial score (nSPS) is 25.2. The average molecular weight is 237 g/mol. The zero-order chi connectivity index (χ0) is 12.7. The lowest BCUT2D eigenvalue weighted by molar-refractivity contribution is -0.127. The molecule has 0 unspecified atom stereocenters. The highest BCUT2D eigenvalue weighted by Gasteiger charge is 2.29. The third kappa shape index (κ3) is 4.35. The number of rotatable bonds is 5. The monoisotopic (exact) mass is 237 g/mol. The molecule has 96 valence electrons. The lowest BCUT2D eigenvalue weighted by Gasteiger charge is -2.35. The molecule has 0 spiro atoms. The summed E-state index contributed by atoms with van der Waals surface area (Å²) < 4.78 is 0. The minimum absolute atomic E-state index is 0.0661. The molecule has 1 saturated heterocycles. The first-order valence-corrected chi connectivity index (χ1v) is 6.57. The second-order valence-electron chi connectivity index (χ2n) is 4.86. The van der Waals surface area contributed by atoms with Crippen molar-refractivity contribution in [1.29, 1.82) is 5.26 Å². The van der Waals surface area contributed by atoms with Gasteiger partial charge in [0.25, 0.3) is 0 Å². The van der Waals surface area contributed by atoms with Crippen LogP contribution in [0.2, 0.25) is 0 Å². The number of nitrogens with one attached hydrogen (secondary N) is 1. The van der Waals surface area contributed by atoms with E-state index in [0.29, 0.717) is 12.6 Å². The van der Waals surface area contributed by atoms with Crippen LogP contribution in [0, 0.1) is 17.2 Å². The van der Waals surface area contributed by atoms with Crippen LogP contribution in [-0.4, -0.2) is 36.5 Å². The quantitative estimate of drug-likeness (QED) is 0.582. The van der Waals surface area contributed by atoms with E-state index in [0.717, 1.165) is 38.8 Å². The summed E-state index contributed by atoms with van der Waals surface area (Å²) in [6, 6.07) is 2.60. The highest BCUT2D eigenvalue weighted by molar-refractivity contribution is 5.78.